The third-order valence-corrected chi connectivity index (χ3v) is 6.29. The number of piperidine rings is 1. The van der Waals surface area contributed by atoms with Crippen molar-refractivity contribution in [1.29, 1.82) is 0 Å². The van der Waals surface area contributed by atoms with Crippen molar-refractivity contribution < 1.29 is 9.72 Å². The van der Waals surface area contributed by atoms with Crippen LogP contribution >= 0.6 is 12.2 Å². The molecular weight excluding hydrogens is 392 g/mol. The van der Waals surface area contributed by atoms with Crippen LogP contribution in [-0.4, -0.2) is 56.7 Å². The normalized spacial score (nSPS) is 17.7. The summed E-state index contributed by atoms with van der Waals surface area (Å²) < 4.78 is 2.46. The van der Waals surface area contributed by atoms with Gasteiger partial charge in [-0.3, -0.25) is 20.0 Å². The largest absolute Gasteiger partial charge is 0.366 e. The van der Waals surface area contributed by atoms with Crippen molar-refractivity contribution in [3.63, 3.8) is 0 Å². The van der Waals surface area contributed by atoms with Gasteiger partial charge in [0.25, 0.3) is 11.6 Å². The van der Waals surface area contributed by atoms with E-state index < -0.39 is 0 Å². The Bertz CT molecular complexity index is 986. The number of likely N-dealkylation sites (tertiary alicyclic amines) is 1. The van der Waals surface area contributed by atoms with E-state index in [2.05, 4.69) is 10.2 Å². The molecule has 154 valence electrons. The SMILES string of the molecule is Cn1c(C2CCN(C(=O)c3ccc(N4CCCC4)c([N+](=O)[O-])c3)CC2)n[nH]c1=S. The first-order valence-electron chi connectivity index (χ1n) is 9.89. The first-order valence-corrected chi connectivity index (χ1v) is 10.3. The highest BCUT2D eigenvalue weighted by molar-refractivity contribution is 7.71. The maximum absolute atomic E-state index is 13.0. The summed E-state index contributed by atoms with van der Waals surface area (Å²) in [6.07, 6.45) is 3.64. The minimum atomic E-state index is -0.388. The van der Waals surface area contributed by atoms with Gasteiger partial charge in [-0.15, -0.1) is 0 Å². The maximum Gasteiger partial charge on any atom is 0.293 e. The molecule has 1 N–H and O–H groups in total. The predicted octanol–water partition coefficient (Wildman–Crippen LogP) is 3.01. The molecule has 2 saturated heterocycles. The lowest BCUT2D eigenvalue weighted by molar-refractivity contribution is -0.384. The molecule has 3 heterocycles. The Morgan fingerprint density at radius 2 is 1.93 bits per heavy atom. The number of nitrogens with zero attached hydrogens (tertiary/aromatic N) is 5. The van der Waals surface area contributed by atoms with Crippen LogP contribution in [0, 0.1) is 14.9 Å². The molecule has 0 saturated carbocycles. The quantitative estimate of drug-likeness (QED) is 0.467. The van der Waals surface area contributed by atoms with Crippen molar-refractivity contribution in [1.82, 2.24) is 19.7 Å². The van der Waals surface area contributed by atoms with Crippen molar-refractivity contribution in [2.45, 2.75) is 31.6 Å². The lowest BCUT2D eigenvalue weighted by Crippen LogP contribution is -2.38. The number of hydrogen-bond acceptors (Lipinski definition) is 6. The standard InChI is InChI=1S/C19H24N6O3S/c1-22-17(20-21-19(22)29)13-6-10-24(11-7-13)18(26)14-4-5-15(16(12-14)25(27)28)23-8-2-3-9-23/h4-5,12-13H,2-3,6-11H2,1H3,(H,21,29). The second-order valence-electron chi connectivity index (χ2n) is 7.67. The lowest BCUT2D eigenvalue weighted by Gasteiger charge is -2.31. The second-order valence-corrected chi connectivity index (χ2v) is 8.05. The van der Waals surface area contributed by atoms with E-state index in [1.54, 1.807) is 17.0 Å². The highest BCUT2D eigenvalue weighted by Crippen LogP contribution is 2.33. The van der Waals surface area contributed by atoms with Crippen molar-refractivity contribution in [2.24, 2.45) is 7.05 Å². The van der Waals surface area contributed by atoms with E-state index in [4.69, 9.17) is 12.2 Å². The smallest absolute Gasteiger partial charge is 0.293 e. The number of nitro benzene ring substituents is 1. The Kier molecular flexibility index (Phi) is 5.35. The lowest BCUT2D eigenvalue weighted by atomic mass is 9.95. The van der Waals surface area contributed by atoms with Gasteiger partial charge in [0.15, 0.2) is 4.77 Å². The molecule has 0 bridgehead atoms. The highest BCUT2D eigenvalue weighted by Gasteiger charge is 2.29. The molecule has 0 aliphatic carbocycles. The summed E-state index contributed by atoms with van der Waals surface area (Å²) in [7, 11) is 1.89. The number of rotatable bonds is 4. The molecule has 1 amide bonds. The van der Waals surface area contributed by atoms with Crippen LogP contribution in [-0.2, 0) is 7.05 Å². The van der Waals surface area contributed by atoms with Crippen molar-refractivity contribution in [3.05, 3.63) is 44.5 Å². The molecule has 4 rings (SSSR count). The molecular formula is C19H24N6O3S. The van der Waals surface area contributed by atoms with E-state index in [-0.39, 0.29) is 22.4 Å². The third kappa shape index (κ3) is 3.76. The Morgan fingerprint density at radius 3 is 2.52 bits per heavy atom. The fraction of sp³-hybridized carbons (Fsp3) is 0.526. The Hall–Kier alpha value is -2.75. The summed E-state index contributed by atoms with van der Waals surface area (Å²) in [5, 5.41) is 18.7. The van der Waals surface area contributed by atoms with E-state index in [0.717, 1.165) is 44.6 Å². The summed E-state index contributed by atoms with van der Waals surface area (Å²) in [6.45, 7) is 2.81. The van der Waals surface area contributed by atoms with E-state index >= 15 is 0 Å². The van der Waals surface area contributed by atoms with Crippen LogP contribution in [0.3, 0.4) is 0 Å². The van der Waals surface area contributed by atoms with Gasteiger partial charge in [0.1, 0.15) is 11.5 Å². The zero-order valence-electron chi connectivity index (χ0n) is 16.3. The van der Waals surface area contributed by atoms with Crippen LogP contribution in [0.4, 0.5) is 11.4 Å². The molecule has 0 spiro atoms. The van der Waals surface area contributed by atoms with Gasteiger partial charge in [0, 0.05) is 50.8 Å². The molecule has 29 heavy (non-hydrogen) atoms. The average molecular weight is 417 g/mol. The number of hydrogen-bond donors (Lipinski definition) is 1. The molecule has 2 fully saturated rings. The van der Waals surface area contributed by atoms with Crippen molar-refractivity contribution >= 4 is 29.5 Å². The van der Waals surface area contributed by atoms with E-state index in [9.17, 15) is 14.9 Å². The first kappa shape index (κ1) is 19.6. The molecule has 0 atom stereocenters. The molecule has 2 aromatic rings. The topological polar surface area (TPSA) is 100 Å². The van der Waals surface area contributed by atoms with Crippen LogP contribution in [0.1, 0.15) is 47.8 Å². The van der Waals surface area contributed by atoms with Crippen LogP contribution < -0.4 is 4.90 Å². The molecule has 9 nitrogen and oxygen atoms in total. The van der Waals surface area contributed by atoms with Gasteiger partial charge < -0.3 is 14.4 Å². The summed E-state index contributed by atoms with van der Waals surface area (Å²) in [5.74, 6) is 0.992. The molecule has 0 radical (unpaired) electrons. The van der Waals surface area contributed by atoms with Gasteiger partial charge in [0.05, 0.1) is 4.92 Å². The summed E-state index contributed by atoms with van der Waals surface area (Å²) in [4.78, 5) is 28.0. The van der Waals surface area contributed by atoms with Crippen molar-refractivity contribution in [2.75, 3.05) is 31.1 Å². The Morgan fingerprint density at radius 1 is 1.24 bits per heavy atom. The highest BCUT2D eigenvalue weighted by atomic mass is 32.1. The molecule has 2 aliphatic rings. The fourth-order valence-electron chi connectivity index (χ4n) is 4.28. The summed E-state index contributed by atoms with van der Waals surface area (Å²) in [5.41, 5.74) is 0.985. The Balaban J connectivity index is 1.48. The van der Waals surface area contributed by atoms with E-state index in [0.29, 0.717) is 29.1 Å². The number of carbonyl (C=O) groups excluding carboxylic acids is 1. The summed E-state index contributed by atoms with van der Waals surface area (Å²) >= 11 is 5.18. The average Bonchev–Trinajstić information content (AvgIpc) is 3.38. The summed E-state index contributed by atoms with van der Waals surface area (Å²) in [6, 6.07) is 4.86. The van der Waals surface area contributed by atoms with Crippen LogP contribution in [0.5, 0.6) is 0 Å². The number of benzene rings is 1. The van der Waals surface area contributed by atoms with Crippen LogP contribution in [0.25, 0.3) is 0 Å². The predicted molar refractivity (Wildman–Crippen MR) is 111 cm³/mol. The maximum atomic E-state index is 13.0. The zero-order chi connectivity index (χ0) is 20.5. The van der Waals surface area contributed by atoms with Gasteiger partial charge >= 0.3 is 0 Å². The molecule has 10 heteroatoms. The van der Waals surface area contributed by atoms with Crippen molar-refractivity contribution in [3.8, 4) is 0 Å². The van der Waals surface area contributed by atoms with E-state index in [1.165, 1.54) is 6.07 Å². The minimum absolute atomic E-state index is 0.00848. The van der Waals surface area contributed by atoms with Gasteiger partial charge in [0.2, 0.25) is 0 Å². The zero-order valence-corrected chi connectivity index (χ0v) is 17.2. The van der Waals surface area contributed by atoms with Gasteiger partial charge in [-0.2, -0.15) is 5.10 Å². The van der Waals surface area contributed by atoms with Crippen LogP contribution in [0.2, 0.25) is 0 Å². The number of aromatic nitrogens is 3. The molecule has 1 aromatic heterocycles. The minimum Gasteiger partial charge on any atom is -0.366 e. The molecule has 1 aromatic carbocycles. The van der Waals surface area contributed by atoms with Gasteiger partial charge in [-0.05, 0) is 50.0 Å². The monoisotopic (exact) mass is 416 g/mol. The fourth-order valence-corrected chi connectivity index (χ4v) is 4.41. The van der Waals surface area contributed by atoms with Gasteiger partial charge in [-0.1, -0.05) is 0 Å². The number of anilines is 1. The number of carbonyl (C=O) groups is 1. The number of nitrogens with one attached hydrogen (secondary N) is 1. The number of amides is 1. The number of aromatic amines is 1. The van der Waals surface area contributed by atoms with Crippen LogP contribution in [0.15, 0.2) is 18.2 Å². The first-order chi connectivity index (χ1) is 14.0. The second kappa shape index (κ2) is 7.94. The van der Waals surface area contributed by atoms with E-state index in [1.807, 2.05) is 16.5 Å². The van der Waals surface area contributed by atoms with Gasteiger partial charge in [-0.25, -0.2) is 0 Å². The molecule has 0 unspecified atom stereocenters. The number of nitro groups is 1. The molecule has 2 aliphatic heterocycles. The number of H-pyrrole nitrogens is 1. The Labute approximate surface area is 173 Å². The third-order valence-electron chi connectivity index (χ3n) is 5.93.